The third-order valence-electron chi connectivity index (χ3n) is 6.87. The van der Waals surface area contributed by atoms with Crippen LogP contribution in [-0.2, 0) is 6.54 Å². The van der Waals surface area contributed by atoms with Gasteiger partial charge >= 0.3 is 6.03 Å². The molecule has 1 heterocycles. The number of para-hydroxylation sites is 1. The first-order valence-corrected chi connectivity index (χ1v) is 12.7. The highest BCUT2D eigenvalue weighted by Gasteiger charge is 2.26. The zero-order valence-corrected chi connectivity index (χ0v) is 21.2. The Balaban J connectivity index is 1.43. The summed E-state index contributed by atoms with van der Waals surface area (Å²) < 4.78 is 6.72. The van der Waals surface area contributed by atoms with Crippen molar-refractivity contribution < 1.29 is 19.4 Å². The van der Waals surface area contributed by atoms with E-state index in [-0.39, 0.29) is 23.6 Å². The molecule has 8 nitrogen and oxygen atoms in total. The fraction of sp³-hybridized carbons (Fsp3) is 0.233. The fourth-order valence-corrected chi connectivity index (χ4v) is 4.90. The number of aromatic hydroxyl groups is 1. The first-order chi connectivity index (χ1) is 18.5. The van der Waals surface area contributed by atoms with E-state index in [1.165, 1.54) is 17.9 Å². The van der Waals surface area contributed by atoms with Gasteiger partial charge in [-0.05, 0) is 54.8 Å². The third-order valence-corrected chi connectivity index (χ3v) is 6.87. The molecule has 0 unspecified atom stereocenters. The number of rotatable bonds is 7. The number of phenolic OH excluding ortho intramolecular Hbond substituents is 1. The highest BCUT2D eigenvalue weighted by molar-refractivity contribution is 6.06. The number of aromatic nitrogens is 2. The van der Waals surface area contributed by atoms with Crippen LogP contribution in [0.15, 0.2) is 78.9 Å². The molecule has 1 aromatic heterocycles. The lowest BCUT2D eigenvalue weighted by Gasteiger charge is -2.12. The lowest BCUT2D eigenvalue weighted by atomic mass is 10.0. The van der Waals surface area contributed by atoms with E-state index < -0.39 is 0 Å². The molecule has 0 saturated heterocycles. The minimum atomic E-state index is -0.337. The summed E-state index contributed by atoms with van der Waals surface area (Å²) in [6, 6.07) is 23.0. The molecule has 5 rings (SSSR count). The SMILES string of the molecule is COc1ccccc1C(=O)Nc1ccc(O)c(-c2cc(C3CCCC3)n(C(=O)NCc3ccccc3)n2)c1. The molecular weight excluding hydrogens is 480 g/mol. The third kappa shape index (κ3) is 5.39. The van der Waals surface area contributed by atoms with Gasteiger partial charge in [0.15, 0.2) is 0 Å². The molecule has 3 N–H and O–H groups in total. The van der Waals surface area contributed by atoms with Gasteiger partial charge < -0.3 is 20.5 Å². The summed E-state index contributed by atoms with van der Waals surface area (Å²) in [5.74, 6) is 0.351. The van der Waals surface area contributed by atoms with Crippen molar-refractivity contribution in [1.29, 1.82) is 0 Å². The largest absolute Gasteiger partial charge is 0.507 e. The van der Waals surface area contributed by atoms with Crippen molar-refractivity contribution in [2.75, 3.05) is 12.4 Å². The number of ether oxygens (including phenoxy) is 1. The number of benzene rings is 3. The van der Waals surface area contributed by atoms with Gasteiger partial charge in [-0.3, -0.25) is 4.79 Å². The Labute approximate surface area is 221 Å². The summed E-state index contributed by atoms with van der Waals surface area (Å²) in [5, 5.41) is 21.1. The number of carbonyl (C=O) groups excluding carboxylic acids is 2. The van der Waals surface area contributed by atoms with Gasteiger partial charge in [-0.1, -0.05) is 55.3 Å². The number of carbonyl (C=O) groups is 2. The van der Waals surface area contributed by atoms with Crippen molar-refractivity contribution >= 4 is 17.6 Å². The molecule has 3 aromatic carbocycles. The zero-order valence-electron chi connectivity index (χ0n) is 21.2. The van der Waals surface area contributed by atoms with Crippen molar-refractivity contribution in [3.05, 3.63) is 95.7 Å². The van der Waals surface area contributed by atoms with Gasteiger partial charge in [0.25, 0.3) is 5.91 Å². The van der Waals surface area contributed by atoms with Crippen molar-refractivity contribution in [2.45, 2.75) is 38.1 Å². The summed E-state index contributed by atoms with van der Waals surface area (Å²) in [7, 11) is 1.51. The number of amides is 2. The monoisotopic (exact) mass is 510 g/mol. The Kier molecular flexibility index (Phi) is 7.40. The molecule has 1 aliphatic carbocycles. The second kappa shape index (κ2) is 11.2. The van der Waals surface area contributed by atoms with E-state index in [1.807, 2.05) is 36.4 Å². The van der Waals surface area contributed by atoms with Gasteiger partial charge in [-0.25, -0.2) is 4.79 Å². The lowest BCUT2D eigenvalue weighted by Crippen LogP contribution is -2.30. The van der Waals surface area contributed by atoms with Crippen LogP contribution < -0.4 is 15.4 Å². The standard InChI is InChI=1S/C30H30N4O4/c1-38-28-14-8-7-13-23(28)29(36)32-22-15-16-27(35)24(17-22)25-18-26(21-11-5-6-12-21)34(33-25)30(37)31-19-20-9-3-2-4-10-20/h2-4,7-10,13-18,21,35H,5-6,11-12,19H2,1H3,(H,31,37)(H,32,36). The highest BCUT2D eigenvalue weighted by atomic mass is 16.5. The van der Waals surface area contributed by atoms with Gasteiger partial charge in [0.05, 0.1) is 24.1 Å². The molecule has 0 atom stereocenters. The summed E-state index contributed by atoms with van der Waals surface area (Å²) in [6.07, 6.45) is 4.18. The predicted octanol–water partition coefficient (Wildman–Crippen LogP) is 5.93. The first-order valence-electron chi connectivity index (χ1n) is 12.7. The molecule has 8 heteroatoms. The molecule has 0 bridgehead atoms. The fourth-order valence-electron chi connectivity index (χ4n) is 4.90. The Morgan fingerprint density at radius 3 is 2.50 bits per heavy atom. The molecular formula is C30H30N4O4. The summed E-state index contributed by atoms with van der Waals surface area (Å²) in [5.41, 5.74) is 3.59. The predicted molar refractivity (Wildman–Crippen MR) is 146 cm³/mol. The normalized spacial score (nSPS) is 13.3. The maximum atomic E-state index is 13.2. The molecule has 2 amide bonds. The Bertz CT molecular complexity index is 1440. The van der Waals surface area contributed by atoms with E-state index in [0.29, 0.717) is 34.8 Å². The molecule has 38 heavy (non-hydrogen) atoms. The van der Waals surface area contributed by atoms with Crippen LogP contribution in [0.4, 0.5) is 10.5 Å². The highest BCUT2D eigenvalue weighted by Crippen LogP contribution is 2.38. The van der Waals surface area contributed by atoms with Gasteiger partial charge in [-0.2, -0.15) is 9.78 Å². The lowest BCUT2D eigenvalue weighted by molar-refractivity contribution is 0.102. The number of hydrogen-bond donors (Lipinski definition) is 3. The summed E-state index contributed by atoms with van der Waals surface area (Å²) in [6.45, 7) is 0.384. The van der Waals surface area contributed by atoms with Crippen LogP contribution in [0.2, 0.25) is 0 Å². The number of hydrogen-bond acceptors (Lipinski definition) is 5. The molecule has 194 valence electrons. The number of anilines is 1. The van der Waals surface area contributed by atoms with Gasteiger partial charge in [0.2, 0.25) is 0 Å². The number of methoxy groups -OCH3 is 1. The second-order valence-electron chi connectivity index (χ2n) is 9.38. The van der Waals surface area contributed by atoms with Crippen molar-refractivity contribution in [1.82, 2.24) is 15.1 Å². The number of nitrogens with zero attached hydrogens (tertiary/aromatic N) is 2. The Morgan fingerprint density at radius 2 is 1.74 bits per heavy atom. The maximum absolute atomic E-state index is 13.2. The van der Waals surface area contributed by atoms with E-state index in [1.54, 1.807) is 36.4 Å². The average molecular weight is 511 g/mol. The summed E-state index contributed by atoms with van der Waals surface area (Å²) >= 11 is 0. The van der Waals surface area contributed by atoms with Crippen molar-refractivity contribution in [3.8, 4) is 22.8 Å². The van der Waals surface area contributed by atoms with E-state index >= 15 is 0 Å². The van der Waals surface area contributed by atoms with Gasteiger partial charge in [0, 0.05) is 23.7 Å². The van der Waals surface area contributed by atoms with Crippen LogP contribution >= 0.6 is 0 Å². The van der Waals surface area contributed by atoms with E-state index in [0.717, 1.165) is 36.9 Å². The average Bonchev–Trinajstić information content (AvgIpc) is 3.64. The molecule has 0 spiro atoms. The first kappa shape index (κ1) is 25.1. The Morgan fingerprint density at radius 1 is 1.00 bits per heavy atom. The zero-order chi connectivity index (χ0) is 26.5. The van der Waals surface area contributed by atoms with E-state index in [9.17, 15) is 14.7 Å². The van der Waals surface area contributed by atoms with Crippen molar-refractivity contribution in [3.63, 3.8) is 0 Å². The maximum Gasteiger partial charge on any atom is 0.342 e. The topological polar surface area (TPSA) is 105 Å². The number of nitrogens with one attached hydrogen (secondary N) is 2. The van der Waals surface area contributed by atoms with Crippen molar-refractivity contribution in [2.24, 2.45) is 0 Å². The van der Waals surface area contributed by atoms with Crippen LogP contribution in [0.1, 0.15) is 53.2 Å². The van der Waals surface area contributed by atoms with Gasteiger partial charge in [-0.15, -0.1) is 0 Å². The molecule has 1 aliphatic rings. The Hall–Kier alpha value is -4.59. The van der Waals surface area contributed by atoms with Crippen LogP contribution in [-0.4, -0.2) is 33.9 Å². The number of phenols is 1. The molecule has 0 radical (unpaired) electrons. The summed E-state index contributed by atoms with van der Waals surface area (Å²) in [4.78, 5) is 26.1. The van der Waals surface area contributed by atoms with Crippen LogP contribution in [0, 0.1) is 0 Å². The molecule has 1 saturated carbocycles. The quantitative estimate of drug-likeness (QED) is 0.267. The van der Waals surface area contributed by atoms with Crippen LogP contribution in [0.25, 0.3) is 11.3 Å². The minimum absolute atomic E-state index is 0.00704. The van der Waals surface area contributed by atoms with E-state index in [4.69, 9.17) is 4.74 Å². The molecule has 1 fully saturated rings. The smallest absolute Gasteiger partial charge is 0.342 e. The molecule has 4 aromatic rings. The molecule has 0 aliphatic heterocycles. The van der Waals surface area contributed by atoms with Crippen LogP contribution in [0.5, 0.6) is 11.5 Å². The second-order valence-corrected chi connectivity index (χ2v) is 9.38. The van der Waals surface area contributed by atoms with E-state index in [2.05, 4.69) is 15.7 Å². The minimum Gasteiger partial charge on any atom is -0.507 e. The van der Waals surface area contributed by atoms with Crippen LogP contribution in [0.3, 0.4) is 0 Å². The van der Waals surface area contributed by atoms with Gasteiger partial charge in [0.1, 0.15) is 11.5 Å².